The van der Waals surface area contributed by atoms with Crippen LogP contribution in [0.15, 0.2) is 23.2 Å². The Morgan fingerprint density at radius 2 is 1.96 bits per heavy atom. The number of thioether (sulfide) groups is 1. The molecule has 5 nitrogen and oxygen atoms in total. The van der Waals surface area contributed by atoms with Crippen LogP contribution in [-0.2, 0) is 20.8 Å². The van der Waals surface area contributed by atoms with Crippen molar-refractivity contribution in [3.8, 4) is 0 Å². The maximum Gasteiger partial charge on any atom is 0.416 e. The number of halogens is 4. The number of carbonyl (C=O) groups is 1. The molecule has 3 aliphatic rings. The Morgan fingerprint density at radius 3 is 2.59 bits per heavy atom. The number of nitrogens with zero attached hydrogens (tertiary/aromatic N) is 2. The van der Waals surface area contributed by atoms with E-state index < -0.39 is 32.9 Å². The maximum atomic E-state index is 13.2. The largest absolute Gasteiger partial charge is 0.416 e. The number of amides is 1. The first-order valence-electron chi connectivity index (χ1n) is 8.21. The lowest BCUT2D eigenvalue weighted by Gasteiger charge is -2.26. The predicted octanol–water partition coefficient (Wildman–Crippen LogP) is 3.37. The minimum atomic E-state index is -4.57. The number of sulfone groups is 1. The van der Waals surface area contributed by atoms with E-state index in [2.05, 4.69) is 4.99 Å². The van der Waals surface area contributed by atoms with Crippen molar-refractivity contribution in [2.75, 3.05) is 16.4 Å². The summed E-state index contributed by atoms with van der Waals surface area (Å²) in [5.74, 6) is -0.797. The van der Waals surface area contributed by atoms with Crippen molar-refractivity contribution in [2.24, 2.45) is 10.9 Å². The molecule has 27 heavy (non-hydrogen) atoms. The summed E-state index contributed by atoms with van der Waals surface area (Å²) in [6.07, 6.45) is -3.09. The Labute approximate surface area is 162 Å². The van der Waals surface area contributed by atoms with Crippen LogP contribution in [0.1, 0.15) is 18.4 Å². The molecule has 2 heterocycles. The monoisotopic (exact) mass is 438 g/mol. The Kier molecular flexibility index (Phi) is 4.51. The Balaban J connectivity index is 1.79. The summed E-state index contributed by atoms with van der Waals surface area (Å²) in [7, 11) is -3.32. The van der Waals surface area contributed by atoms with Crippen molar-refractivity contribution in [1.82, 2.24) is 0 Å². The second-order valence-electron chi connectivity index (χ2n) is 6.84. The fraction of sp³-hybridized carbons (Fsp3) is 0.500. The molecule has 1 amide bonds. The summed E-state index contributed by atoms with van der Waals surface area (Å²) in [6.45, 7) is 0. The van der Waals surface area contributed by atoms with E-state index in [9.17, 15) is 26.4 Å². The number of hydrogen-bond donors (Lipinski definition) is 0. The maximum absolute atomic E-state index is 13.2. The summed E-state index contributed by atoms with van der Waals surface area (Å²) < 4.78 is 63.5. The SMILES string of the molecule is O=C(N=C1S[C@@H]2CS(=O)(=O)C[C@@H]2N1c1cc(C(F)(F)F)ccc1Cl)C1CC1. The molecule has 0 aromatic heterocycles. The highest BCUT2D eigenvalue weighted by molar-refractivity contribution is 8.16. The molecule has 1 aromatic rings. The zero-order valence-electron chi connectivity index (χ0n) is 13.7. The number of aliphatic imine (C=N–C) groups is 1. The average molecular weight is 439 g/mol. The normalized spacial score (nSPS) is 28.6. The number of rotatable bonds is 2. The van der Waals surface area contributed by atoms with Crippen molar-refractivity contribution in [1.29, 1.82) is 0 Å². The van der Waals surface area contributed by atoms with Crippen molar-refractivity contribution in [3.05, 3.63) is 28.8 Å². The van der Waals surface area contributed by atoms with Gasteiger partial charge in [-0.25, -0.2) is 8.42 Å². The number of benzene rings is 1. The summed E-state index contributed by atoms with van der Waals surface area (Å²) in [6, 6.07) is 2.27. The molecule has 3 fully saturated rings. The van der Waals surface area contributed by atoms with E-state index in [-0.39, 0.29) is 39.2 Å². The van der Waals surface area contributed by atoms with Crippen molar-refractivity contribution < 1.29 is 26.4 Å². The predicted molar refractivity (Wildman–Crippen MR) is 97.9 cm³/mol. The van der Waals surface area contributed by atoms with Gasteiger partial charge in [0.25, 0.3) is 5.91 Å². The van der Waals surface area contributed by atoms with E-state index in [0.717, 1.165) is 42.8 Å². The third kappa shape index (κ3) is 3.71. The van der Waals surface area contributed by atoms with Gasteiger partial charge < -0.3 is 4.90 Å². The van der Waals surface area contributed by atoms with E-state index in [4.69, 9.17) is 11.6 Å². The third-order valence-corrected chi connectivity index (χ3v) is 8.26. The summed E-state index contributed by atoms with van der Waals surface area (Å²) in [5, 5.41) is -0.135. The van der Waals surface area contributed by atoms with Crippen LogP contribution in [0.2, 0.25) is 5.02 Å². The summed E-state index contributed by atoms with van der Waals surface area (Å²) in [4.78, 5) is 17.6. The lowest BCUT2D eigenvalue weighted by Crippen LogP contribution is -2.38. The van der Waals surface area contributed by atoms with Crippen LogP contribution in [-0.4, -0.2) is 42.3 Å². The lowest BCUT2D eigenvalue weighted by atomic mass is 10.1. The smallest absolute Gasteiger partial charge is 0.314 e. The molecule has 0 spiro atoms. The van der Waals surface area contributed by atoms with Gasteiger partial charge in [0.1, 0.15) is 0 Å². The van der Waals surface area contributed by atoms with Crippen LogP contribution >= 0.6 is 23.4 Å². The number of amidine groups is 1. The fourth-order valence-electron chi connectivity index (χ4n) is 3.24. The summed E-state index contributed by atoms with van der Waals surface area (Å²) >= 11 is 7.28. The molecule has 2 aliphatic heterocycles. The molecule has 2 atom stereocenters. The van der Waals surface area contributed by atoms with Crippen LogP contribution in [0.3, 0.4) is 0 Å². The number of hydrogen-bond acceptors (Lipinski definition) is 4. The Bertz CT molecular complexity index is 945. The minimum Gasteiger partial charge on any atom is -0.314 e. The zero-order valence-corrected chi connectivity index (χ0v) is 16.1. The standard InChI is InChI=1S/C16H14ClF3N2O3S2/c17-10-4-3-9(16(18,19)20)5-11(10)22-12-6-27(24,25)7-13(12)26-15(22)21-14(23)8-1-2-8/h3-5,8,12-13H,1-2,6-7H2/t12-,13+/m0/s1. The first-order valence-corrected chi connectivity index (χ1v) is 11.3. The highest BCUT2D eigenvalue weighted by Crippen LogP contribution is 2.45. The zero-order chi connectivity index (χ0) is 19.6. The van der Waals surface area contributed by atoms with Gasteiger partial charge in [-0.3, -0.25) is 4.79 Å². The highest BCUT2D eigenvalue weighted by atomic mass is 35.5. The van der Waals surface area contributed by atoms with E-state index in [0.29, 0.717) is 0 Å². The molecular formula is C16H14ClF3N2O3S2. The first-order chi connectivity index (χ1) is 12.5. The highest BCUT2D eigenvalue weighted by Gasteiger charge is 2.50. The van der Waals surface area contributed by atoms with Crippen LogP contribution in [0.4, 0.5) is 18.9 Å². The number of alkyl halides is 3. The van der Waals surface area contributed by atoms with Gasteiger partial charge in [0.2, 0.25) is 0 Å². The molecule has 0 radical (unpaired) electrons. The van der Waals surface area contributed by atoms with Gasteiger partial charge in [0.05, 0.1) is 33.8 Å². The number of carbonyl (C=O) groups excluding carboxylic acids is 1. The van der Waals surface area contributed by atoms with Gasteiger partial charge >= 0.3 is 6.18 Å². The van der Waals surface area contributed by atoms with Gasteiger partial charge in [-0.05, 0) is 31.0 Å². The van der Waals surface area contributed by atoms with Gasteiger partial charge in [-0.2, -0.15) is 18.2 Å². The molecule has 4 rings (SSSR count). The average Bonchev–Trinajstić information content (AvgIpc) is 3.28. The molecule has 146 valence electrons. The van der Waals surface area contributed by atoms with Crippen LogP contribution in [0.5, 0.6) is 0 Å². The van der Waals surface area contributed by atoms with E-state index in [1.54, 1.807) is 0 Å². The quantitative estimate of drug-likeness (QED) is 0.708. The molecule has 1 aromatic carbocycles. The van der Waals surface area contributed by atoms with Crippen LogP contribution in [0.25, 0.3) is 0 Å². The lowest BCUT2D eigenvalue weighted by molar-refractivity contribution is -0.137. The number of fused-ring (bicyclic) bond motifs is 1. The number of anilines is 1. The molecule has 1 saturated carbocycles. The van der Waals surface area contributed by atoms with Crippen LogP contribution < -0.4 is 4.90 Å². The van der Waals surface area contributed by atoms with Gasteiger partial charge in [0.15, 0.2) is 15.0 Å². The van der Waals surface area contributed by atoms with Gasteiger partial charge in [-0.1, -0.05) is 23.4 Å². The molecule has 0 bridgehead atoms. The van der Waals surface area contributed by atoms with Gasteiger partial charge in [-0.15, -0.1) is 0 Å². The van der Waals surface area contributed by atoms with Crippen LogP contribution in [0, 0.1) is 5.92 Å². The van der Waals surface area contributed by atoms with Crippen molar-refractivity contribution in [3.63, 3.8) is 0 Å². The van der Waals surface area contributed by atoms with E-state index in [1.807, 2.05) is 0 Å². The van der Waals surface area contributed by atoms with Crippen molar-refractivity contribution >= 4 is 50.0 Å². The van der Waals surface area contributed by atoms with Gasteiger partial charge in [0, 0.05) is 11.2 Å². The second-order valence-corrected chi connectivity index (χ2v) is 10.6. The van der Waals surface area contributed by atoms with Crippen molar-refractivity contribution in [2.45, 2.75) is 30.3 Å². The molecule has 2 saturated heterocycles. The van der Waals surface area contributed by atoms with E-state index >= 15 is 0 Å². The Hall–Kier alpha value is -1.26. The molecular weight excluding hydrogens is 425 g/mol. The second kappa shape index (κ2) is 6.38. The fourth-order valence-corrected chi connectivity index (χ4v) is 7.36. The van der Waals surface area contributed by atoms with E-state index in [1.165, 1.54) is 4.90 Å². The molecule has 11 heteroatoms. The molecule has 1 aliphatic carbocycles. The topological polar surface area (TPSA) is 66.8 Å². The third-order valence-electron chi connectivity index (χ3n) is 4.73. The first kappa shape index (κ1) is 19.1. The summed E-state index contributed by atoms with van der Waals surface area (Å²) in [5.41, 5.74) is -0.880. The Morgan fingerprint density at radius 1 is 1.26 bits per heavy atom. The molecule has 0 unspecified atom stereocenters. The minimum absolute atomic E-state index is 0.0194. The molecule has 0 N–H and O–H groups in total.